The quantitative estimate of drug-likeness (QED) is 0.410. The summed E-state index contributed by atoms with van der Waals surface area (Å²) < 4.78 is 10.3. The van der Waals surface area contributed by atoms with Crippen molar-refractivity contribution in [1.29, 1.82) is 0 Å². The number of esters is 1. The lowest BCUT2D eigenvalue weighted by Crippen LogP contribution is -2.35. The average molecular weight is 418 g/mol. The molecule has 0 atom stereocenters. The minimum Gasteiger partial charge on any atom is -0.461 e. The van der Waals surface area contributed by atoms with Crippen molar-refractivity contribution < 1.29 is 23.5 Å². The van der Waals surface area contributed by atoms with Gasteiger partial charge in [0.25, 0.3) is 11.8 Å². The molecule has 0 aliphatic heterocycles. The van der Waals surface area contributed by atoms with Crippen molar-refractivity contribution in [2.75, 3.05) is 6.54 Å². The minimum absolute atomic E-state index is 0.00329. The molecule has 0 radical (unpaired) electrons. The predicted molar refractivity (Wildman–Crippen MR) is 114 cm³/mol. The van der Waals surface area contributed by atoms with Crippen LogP contribution in [0.4, 0.5) is 0 Å². The molecule has 3 aromatic rings. The maximum Gasteiger partial charge on any atom is 0.307 e. The summed E-state index contributed by atoms with van der Waals surface area (Å²) in [5, 5.41) is 5.18. The number of hydrogen-bond acceptors (Lipinski definition) is 5. The number of furan rings is 1. The number of hydrogen-bond donors (Lipinski definition) is 2. The number of nitrogens with one attached hydrogen (secondary N) is 2. The summed E-state index contributed by atoms with van der Waals surface area (Å²) >= 11 is 0. The van der Waals surface area contributed by atoms with Crippen LogP contribution in [0.15, 0.2) is 89.2 Å². The Morgan fingerprint density at radius 2 is 1.61 bits per heavy atom. The Balaban J connectivity index is 1.56. The number of ether oxygens (including phenoxy) is 1. The fraction of sp³-hybridized carbons (Fsp3) is 0.125. The lowest BCUT2D eigenvalue weighted by atomic mass is 10.2. The summed E-state index contributed by atoms with van der Waals surface area (Å²) in [5.74, 6) is -1.43. The Kier molecular flexibility index (Phi) is 7.77. The molecule has 2 N–H and O–H groups in total. The molecule has 2 aromatic carbocycles. The van der Waals surface area contributed by atoms with Gasteiger partial charge in [0.05, 0.1) is 12.7 Å². The third-order valence-corrected chi connectivity index (χ3v) is 4.21. The van der Waals surface area contributed by atoms with Crippen molar-refractivity contribution in [3.05, 3.63) is 102 Å². The van der Waals surface area contributed by atoms with Gasteiger partial charge in [-0.05, 0) is 29.3 Å². The first kappa shape index (κ1) is 21.6. The Bertz CT molecular complexity index is 1030. The van der Waals surface area contributed by atoms with Crippen molar-refractivity contribution in [3.63, 3.8) is 0 Å². The molecule has 7 nitrogen and oxygen atoms in total. The molecular weight excluding hydrogens is 396 g/mol. The van der Waals surface area contributed by atoms with Crippen LogP contribution in [0.3, 0.4) is 0 Å². The van der Waals surface area contributed by atoms with E-state index in [1.54, 1.807) is 24.3 Å². The monoisotopic (exact) mass is 418 g/mol. The van der Waals surface area contributed by atoms with E-state index in [0.29, 0.717) is 0 Å². The molecule has 31 heavy (non-hydrogen) atoms. The van der Waals surface area contributed by atoms with Crippen LogP contribution in [-0.2, 0) is 20.9 Å². The van der Waals surface area contributed by atoms with Crippen LogP contribution in [0.1, 0.15) is 28.1 Å². The van der Waals surface area contributed by atoms with E-state index in [4.69, 9.17) is 9.15 Å². The van der Waals surface area contributed by atoms with Crippen molar-refractivity contribution in [3.8, 4) is 0 Å². The first-order chi connectivity index (χ1) is 15.1. The molecule has 0 bridgehead atoms. The van der Waals surface area contributed by atoms with Crippen molar-refractivity contribution in [2.45, 2.75) is 13.0 Å². The number of rotatable bonds is 9. The second kappa shape index (κ2) is 11.2. The normalized spacial score (nSPS) is 10.9. The molecule has 1 aromatic heterocycles. The maximum atomic E-state index is 12.6. The van der Waals surface area contributed by atoms with E-state index in [0.717, 1.165) is 11.1 Å². The highest BCUT2D eigenvalue weighted by atomic mass is 16.5. The Hall–Kier alpha value is -4.13. The first-order valence-corrected chi connectivity index (χ1v) is 9.71. The van der Waals surface area contributed by atoms with Gasteiger partial charge in [-0.15, -0.1) is 0 Å². The molecule has 1 heterocycles. The van der Waals surface area contributed by atoms with Crippen LogP contribution in [0.25, 0.3) is 6.08 Å². The van der Waals surface area contributed by atoms with Crippen LogP contribution in [-0.4, -0.2) is 24.3 Å². The first-order valence-electron chi connectivity index (χ1n) is 9.71. The van der Waals surface area contributed by atoms with Gasteiger partial charge in [0.2, 0.25) is 0 Å². The van der Waals surface area contributed by atoms with Gasteiger partial charge < -0.3 is 19.8 Å². The highest BCUT2D eigenvalue weighted by Crippen LogP contribution is 2.08. The maximum absolute atomic E-state index is 12.6. The molecule has 7 heteroatoms. The van der Waals surface area contributed by atoms with Crippen molar-refractivity contribution in [1.82, 2.24) is 10.6 Å². The molecule has 158 valence electrons. The highest BCUT2D eigenvalue weighted by molar-refractivity contribution is 6.04. The molecule has 3 rings (SSSR count). The summed E-state index contributed by atoms with van der Waals surface area (Å²) in [6.45, 7) is 0.237. The van der Waals surface area contributed by atoms with Crippen LogP contribution < -0.4 is 10.6 Å². The predicted octanol–water partition coefficient (Wildman–Crippen LogP) is 3.30. The van der Waals surface area contributed by atoms with Gasteiger partial charge in [-0.2, -0.15) is 0 Å². The second-order valence-corrected chi connectivity index (χ2v) is 6.55. The molecule has 0 saturated heterocycles. The average Bonchev–Trinajstić information content (AvgIpc) is 3.34. The van der Waals surface area contributed by atoms with Gasteiger partial charge in [-0.3, -0.25) is 14.4 Å². The zero-order chi connectivity index (χ0) is 21.9. The van der Waals surface area contributed by atoms with E-state index >= 15 is 0 Å². The Morgan fingerprint density at radius 3 is 2.29 bits per heavy atom. The number of amides is 2. The zero-order valence-corrected chi connectivity index (χ0v) is 16.7. The van der Waals surface area contributed by atoms with E-state index in [2.05, 4.69) is 10.6 Å². The summed E-state index contributed by atoms with van der Waals surface area (Å²) in [6.07, 6.45) is 2.92. The van der Waals surface area contributed by atoms with Crippen LogP contribution in [0.2, 0.25) is 0 Å². The van der Waals surface area contributed by atoms with Crippen LogP contribution >= 0.6 is 0 Å². The summed E-state index contributed by atoms with van der Waals surface area (Å²) in [7, 11) is 0. The molecule has 0 aliphatic carbocycles. The molecule has 0 unspecified atom stereocenters. The SMILES string of the molecule is O=C(CCNC(=O)C(=Cc1ccccc1)NC(=O)c1ccco1)OCc1ccccc1. The van der Waals surface area contributed by atoms with Crippen molar-refractivity contribution in [2.24, 2.45) is 0 Å². The van der Waals surface area contributed by atoms with Gasteiger partial charge in [-0.1, -0.05) is 60.7 Å². The fourth-order valence-corrected chi connectivity index (χ4v) is 2.65. The molecule has 2 amide bonds. The third-order valence-electron chi connectivity index (χ3n) is 4.21. The smallest absolute Gasteiger partial charge is 0.307 e. The number of benzene rings is 2. The van der Waals surface area contributed by atoms with E-state index in [1.165, 1.54) is 12.3 Å². The van der Waals surface area contributed by atoms with Crippen molar-refractivity contribution >= 4 is 23.9 Å². The minimum atomic E-state index is -0.551. The second-order valence-electron chi connectivity index (χ2n) is 6.55. The van der Waals surface area contributed by atoms with Crippen LogP contribution in [0, 0.1) is 0 Å². The van der Waals surface area contributed by atoms with Crippen LogP contribution in [0.5, 0.6) is 0 Å². The molecule has 0 aliphatic rings. The van der Waals surface area contributed by atoms with Gasteiger partial charge >= 0.3 is 5.97 Å². The van der Waals surface area contributed by atoms with E-state index in [9.17, 15) is 14.4 Å². The zero-order valence-electron chi connectivity index (χ0n) is 16.7. The lowest BCUT2D eigenvalue weighted by molar-refractivity contribution is -0.144. The van der Waals surface area contributed by atoms with E-state index in [-0.39, 0.29) is 31.0 Å². The number of carbonyl (C=O) groups excluding carboxylic acids is 3. The molecule has 0 spiro atoms. The fourth-order valence-electron chi connectivity index (χ4n) is 2.65. The molecule has 0 saturated carbocycles. The van der Waals surface area contributed by atoms with Gasteiger partial charge in [0.1, 0.15) is 12.3 Å². The largest absolute Gasteiger partial charge is 0.461 e. The van der Waals surface area contributed by atoms with E-state index in [1.807, 2.05) is 48.5 Å². The van der Waals surface area contributed by atoms with Gasteiger partial charge in [0, 0.05) is 6.54 Å². The van der Waals surface area contributed by atoms with Gasteiger partial charge in [-0.25, -0.2) is 0 Å². The summed E-state index contributed by atoms with van der Waals surface area (Å²) in [4.78, 5) is 36.9. The Morgan fingerprint density at radius 1 is 0.903 bits per heavy atom. The lowest BCUT2D eigenvalue weighted by Gasteiger charge is -2.10. The summed E-state index contributed by atoms with van der Waals surface area (Å²) in [6, 6.07) is 21.5. The molecule has 0 fully saturated rings. The third kappa shape index (κ3) is 7.01. The Labute approximate surface area is 179 Å². The number of carbonyl (C=O) groups is 3. The standard InChI is InChI=1S/C24H22N2O5/c27-22(31-17-19-10-5-2-6-11-19)13-14-25-23(28)20(16-18-8-3-1-4-9-18)26-24(29)21-12-7-15-30-21/h1-12,15-16H,13-14,17H2,(H,25,28)(H,26,29). The van der Waals surface area contributed by atoms with Gasteiger partial charge in [0.15, 0.2) is 5.76 Å². The summed E-state index contributed by atoms with van der Waals surface area (Å²) in [5.41, 5.74) is 1.65. The molecular formula is C24H22N2O5. The topological polar surface area (TPSA) is 97.6 Å². The van der Waals surface area contributed by atoms with E-state index < -0.39 is 17.8 Å². The highest BCUT2D eigenvalue weighted by Gasteiger charge is 2.16.